The molecule has 126 valence electrons. The van der Waals surface area contributed by atoms with Crippen LogP contribution < -0.4 is 11.1 Å². The van der Waals surface area contributed by atoms with Crippen LogP contribution in [0, 0.1) is 5.92 Å². The van der Waals surface area contributed by atoms with Crippen LogP contribution in [0.25, 0.3) is 0 Å². The van der Waals surface area contributed by atoms with Gasteiger partial charge in [-0.25, -0.2) is 0 Å². The van der Waals surface area contributed by atoms with Gasteiger partial charge < -0.3 is 16.0 Å². The van der Waals surface area contributed by atoms with E-state index in [0.717, 1.165) is 24.8 Å². The first-order valence-corrected chi connectivity index (χ1v) is 8.50. The number of nitrogens with zero attached hydrogens (tertiary/aromatic N) is 1. The highest BCUT2D eigenvalue weighted by molar-refractivity contribution is 5.81. The van der Waals surface area contributed by atoms with Crippen molar-refractivity contribution in [3.63, 3.8) is 0 Å². The van der Waals surface area contributed by atoms with E-state index in [1.54, 1.807) is 0 Å². The molecule has 0 aliphatic heterocycles. The molecule has 0 saturated heterocycles. The Morgan fingerprint density at radius 3 is 2.57 bits per heavy atom. The Balaban J connectivity index is 1.74. The molecule has 0 bridgehead atoms. The summed E-state index contributed by atoms with van der Waals surface area (Å²) in [6.07, 6.45) is 3.97. The van der Waals surface area contributed by atoms with Crippen LogP contribution in [0.5, 0.6) is 0 Å². The summed E-state index contributed by atoms with van der Waals surface area (Å²) in [5.41, 5.74) is 6.70. The van der Waals surface area contributed by atoms with Crippen LogP contribution in [-0.4, -0.2) is 36.3 Å². The van der Waals surface area contributed by atoms with Crippen molar-refractivity contribution in [1.29, 1.82) is 0 Å². The third kappa shape index (κ3) is 6.40. The topological polar surface area (TPSA) is 75.4 Å². The predicted octanol–water partition coefficient (Wildman–Crippen LogP) is 1.67. The Bertz CT molecular complexity index is 500. The molecule has 5 nitrogen and oxygen atoms in total. The molecule has 23 heavy (non-hydrogen) atoms. The third-order valence-electron chi connectivity index (χ3n) is 4.02. The van der Waals surface area contributed by atoms with Crippen molar-refractivity contribution in [2.75, 3.05) is 19.6 Å². The summed E-state index contributed by atoms with van der Waals surface area (Å²) < 4.78 is 0. The van der Waals surface area contributed by atoms with E-state index in [2.05, 4.69) is 5.32 Å². The maximum Gasteiger partial charge on any atom is 0.223 e. The van der Waals surface area contributed by atoms with E-state index in [4.69, 9.17) is 5.73 Å². The third-order valence-corrected chi connectivity index (χ3v) is 4.02. The standard InChI is InChI=1S/C18H27N3O2/c19-11-5-13-21(14-15-6-2-1-3-7-15)17(22)8-4-12-20-18(23)16-9-10-16/h1-3,6-7,16H,4-5,8-14,19H2,(H,20,23). The zero-order valence-corrected chi connectivity index (χ0v) is 13.7. The normalized spacial score (nSPS) is 13.6. The lowest BCUT2D eigenvalue weighted by molar-refractivity contribution is -0.132. The molecule has 5 heteroatoms. The maximum absolute atomic E-state index is 12.4. The molecule has 1 aliphatic carbocycles. The van der Waals surface area contributed by atoms with Crippen LogP contribution >= 0.6 is 0 Å². The lowest BCUT2D eigenvalue weighted by Gasteiger charge is -2.23. The van der Waals surface area contributed by atoms with E-state index in [0.29, 0.717) is 39.0 Å². The number of carbonyl (C=O) groups excluding carboxylic acids is 2. The monoisotopic (exact) mass is 317 g/mol. The van der Waals surface area contributed by atoms with Crippen LogP contribution in [0.1, 0.15) is 37.7 Å². The zero-order valence-electron chi connectivity index (χ0n) is 13.7. The summed E-state index contributed by atoms with van der Waals surface area (Å²) in [6, 6.07) is 9.98. The second-order valence-electron chi connectivity index (χ2n) is 6.11. The summed E-state index contributed by atoms with van der Waals surface area (Å²) in [5, 5.41) is 2.90. The van der Waals surface area contributed by atoms with Crippen LogP contribution in [0.2, 0.25) is 0 Å². The first kappa shape index (κ1) is 17.5. The second-order valence-corrected chi connectivity index (χ2v) is 6.11. The number of rotatable bonds is 10. The van der Waals surface area contributed by atoms with Crippen LogP contribution in [0.15, 0.2) is 30.3 Å². The Labute approximate surface area is 138 Å². The molecule has 2 rings (SSSR count). The van der Waals surface area contributed by atoms with Crippen LogP contribution in [0.4, 0.5) is 0 Å². The van der Waals surface area contributed by atoms with Gasteiger partial charge in [0.15, 0.2) is 0 Å². The first-order chi connectivity index (χ1) is 11.2. The highest BCUT2D eigenvalue weighted by Crippen LogP contribution is 2.28. The number of nitrogens with one attached hydrogen (secondary N) is 1. The number of benzene rings is 1. The number of hydrogen-bond acceptors (Lipinski definition) is 3. The quantitative estimate of drug-likeness (QED) is 0.645. The average molecular weight is 317 g/mol. The summed E-state index contributed by atoms with van der Waals surface area (Å²) in [4.78, 5) is 25.8. The molecule has 0 heterocycles. The molecule has 0 radical (unpaired) electrons. The fourth-order valence-corrected chi connectivity index (χ4v) is 2.48. The highest BCUT2D eigenvalue weighted by Gasteiger charge is 2.29. The molecular formula is C18H27N3O2. The van der Waals surface area contributed by atoms with Crippen molar-refractivity contribution in [1.82, 2.24) is 10.2 Å². The van der Waals surface area contributed by atoms with Gasteiger partial charge >= 0.3 is 0 Å². The molecule has 0 atom stereocenters. The SMILES string of the molecule is NCCCN(Cc1ccccc1)C(=O)CCCNC(=O)C1CC1. The number of nitrogens with two attached hydrogens (primary N) is 1. The number of carbonyl (C=O) groups is 2. The van der Waals surface area contributed by atoms with E-state index < -0.39 is 0 Å². The Kier molecular flexibility index (Phi) is 7.07. The first-order valence-electron chi connectivity index (χ1n) is 8.50. The average Bonchev–Trinajstić information content (AvgIpc) is 3.41. The van der Waals surface area contributed by atoms with Gasteiger partial charge in [-0.3, -0.25) is 9.59 Å². The molecule has 1 aromatic rings. The van der Waals surface area contributed by atoms with Gasteiger partial charge in [-0.1, -0.05) is 30.3 Å². The fourth-order valence-electron chi connectivity index (χ4n) is 2.48. The van der Waals surface area contributed by atoms with Crippen molar-refractivity contribution in [3.8, 4) is 0 Å². The molecule has 3 N–H and O–H groups in total. The van der Waals surface area contributed by atoms with Crippen LogP contribution in [-0.2, 0) is 16.1 Å². The van der Waals surface area contributed by atoms with Gasteiger partial charge in [0.05, 0.1) is 0 Å². The highest BCUT2D eigenvalue weighted by atomic mass is 16.2. The molecule has 1 fully saturated rings. The Hall–Kier alpha value is -1.88. The summed E-state index contributed by atoms with van der Waals surface area (Å²) in [5.74, 6) is 0.495. The molecule has 0 spiro atoms. The van der Waals surface area contributed by atoms with Crippen molar-refractivity contribution >= 4 is 11.8 Å². The molecule has 0 aromatic heterocycles. The van der Waals surface area contributed by atoms with Crippen molar-refractivity contribution in [3.05, 3.63) is 35.9 Å². The fraction of sp³-hybridized carbons (Fsp3) is 0.556. The van der Waals surface area contributed by atoms with Crippen molar-refractivity contribution in [2.45, 2.75) is 38.6 Å². The summed E-state index contributed by atoms with van der Waals surface area (Å²) in [7, 11) is 0. The van der Waals surface area contributed by atoms with Crippen molar-refractivity contribution in [2.24, 2.45) is 11.7 Å². The molecule has 1 saturated carbocycles. The van der Waals surface area contributed by atoms with E-state index in [9.17, 15) is 9.59 Å². The van der Waals surface area contributed by atoms with Gasteiger partial charge in [-0.15, -0.1) is 0 Å². The van der Waals surface area contributed by atoms with Gasteiger partial charge in [0.2, 0.25) is 11.8 Å². The largest absolute Gasteiger partial charge is 0.356 e. The molecule has 1 aromatic carbocycles. The smallest absolute Gasteiger partial charge is 0.223 e. The van der Waals surface area contributed by atoms with E-state index in [1.165, 1.54) is 0 Å². The summed E-state index contributed by atoms with van der Waals surface area (Å²) in [6.45, 7) is 2.46. The minimum Gasteiger partial charge on any atom is -0.356 e. The Morgan fingerprint density at radius 2 is 1.91 bits per heavy atom. The number of amides is 2. The number of hydrogen-bond donors (Lipinski definition) is 2. The van der Waals surface area contributed by atoms with Crippen molar-refractivity contribution < 1.29 is 9.59 Å². The van der Waals surface area contributed by atoms with Gasteiger partial charge in [-0.2, -0.15) is 0 Å². The Morgan fingerprint density at radius 1 is 1.17 bits per heavy atom. The zero-order chi connectivity index (χ0) is 16.5. The molecule has 1 aliphatic rings. The summed E-state index contributed by atoms with van der Waals surface area (Å²) >= 11 is 0. The van der Waals surface area contributed by atoms with Gasteiger partial charge in [0.25, 0.3) is 0 Å². The lowest BCUT2D eigenvalue weighted by atomic mass is 10.2. The van der Waals surface area contributed by atoms with E-state index in [-0.39, 0.29) is 17.7 Å². The molecular weight excluding hydrogens is 290 g/mol. The minimum absolute atomic E-state index is 0.128. The van der Waals surface area contributed by atoms with Crippen LogP contribution in [0.3, 0.4) is 0 Å². The van der Waals surface area contributed by atoms with Gasteiger partial charge in [-0.05, 0) is 37.8 Å². The molecule has 2 amide bonds. The maximum atomic E-state index is 12.4. The lowest BCUT2D eigenvalue weighted by Crippen LogP contribution is -2.33. The minimum atomic E-state index is 0.128. The molecule has 0 unspecified atom stereocenters. The van der Waals surface area contributed by atoms with E-state index in [1.807, 2.05) is 35.2 Å². The predicted molar refractivity (Wildman–Crippen MR) is 90.5 cm³/mol. The van der Waals surface area contributed by atoms with Gasteiger partial charge in [0, 0.05) is 32.0 Å². The second kappa shape index (κ2) is 9.30. The van der Waals surface area contributed by atoms with E-state index >= 15 is 0 Å². The van der Waals surface area contributed by atoms with Gasteiger partial charge in [0.1, 0.15) is 0 Å².